The summed E-state index contributed by atoms with van der Waals surface area (Å²) in [7, 11) is 1.41. The molecule has 1 amide bonds. The summed E-state index contributed by atoms with van der Waals surface area (Å²) in [5, 5.41) is 12.5. The summed E-state index contributed by atoms with van der Waals surface area (Å²) in [5.74, 6) is 0.159. The SMILES string of the molecule is COC(=O)C1CCN(c2ccc(C(=O)Nc3nc(-c4ccncc4)c(C#N)s3)cn2)CC1. The lowest BCUT2D eigenvalue weighted by Gasteiger charge is -2.31. The fraction of sp³-hybridized carbons (Fsp3) is 0.273. The zero-order chi connectivity index (χ0) is 22.5. The van der Waals surface area contributed by atoms with Crippen molar-refractivity contribution in [2.45, 2.75) is 12.8 Å². The lowest BCUT2D eigenvalue weighted by molar-refractivity contribution is -0.146. The number of nitrogens with one attached hydrogen (secondary N) is 1. The van der Waals surface area contributed by atoms with Gasteiger partial charge in [-0.2, -0.15) is 5.26 Å². The summed E-state index contributed by atoms with van der Waals surface area (Å²) in [6.07, 6.45) is 6.18. The molecule has 0 aromatic carbocycles. The Kier molecular flexibility index (Phi) is 6.37. The van der Waals surface area contributed by atoms with E-state index in [9.17, 15) is 14.9 Å². The molecule has 3 aromatic heterocycles. The number of carbonyl (C=O) groups is 2. The van der Waals surface area contributed by atoms with Gasteiger partial charge in [-0.25, -0.2) is 9.97 Å². The molecule has 0 aliphatic carbocycles. The van der Waals surface area contributed by atoms with Gasteiger partial charge in [0.2, 0.25) is 0 Å². The second kappa shape index (κ2) is 9.53. The summed E-state index contributed by atoms with van der Waals surface area (Å²) in [4.78, 5) is 39.6. The van der Waals surface area contributed by atoms with Crippen LogP contribution in [0.4, 0.5) is 10.9 Å². The molecular formula is C22H20N6O3S. The Balaban J connectivity index is 1.41. The summed E-state index contributed by atoms with van der Waals surface area (Å²) in [6, 6.07) is 9.14. The number of piperidine rings is 1. The van der Waals surface area contributed by atoms with Crippen LogP contribution in [-0.4, -0.2) is 47.0 Å². The lowest BCUT2D eigenvalue weighted by atomic mass is 9.97. The van der Waals surface area contributed by atoms with E-state index in [-0.39, 0.29) is 17.8 Å². The predicted octanol–water partition coefficient (Wildman–Crippen LogP) is 3.11. The highest BCUT2D eigenvalue weighted by atomic mass is 32.1. The fourth-order valence-corrected chi connectivity index (χ4v) is 4.32. The number of thiazole rings is 1. The number of esters is 1. The highest BCUT2D eigenvalue weighted by Crippen LogP contribution is 2.30. The van der Waals surface area contributed by atoms with Crippen molar-refractivity contribution in [3.05, 3.63) is 53.3 Å². The van der Waals surface area contributed by atoms with Crippen LogP contribution in [-0.2, 0) is 9.53 Å². The molecule has 0 radical (unpaired) electrons. The zero-order valence-electron chi connectivity index (χ0n) is 17.3. The van der Waals surface area contributed by atoms with Gasteiger partial charge in [0, 0.05) is 37.2 Å². The van der Waals surface area contributed by atoms with Gasteiger partial charge in [-0.15, -0.1) is 0 Å². The topological polar surface area (TPSA) is 121 Å². The summed E-state index contributed by atoms with van der Waals surface area (Å²) in [6.45, 7) is 1.40. The second-order valence-corrected chi connectivity index (χ2v) is 8.19. The molecule has 1 N–H and O–H groups in total. The van der Waals surface area contributed by atoms with Crippen molar-refractivity contribution in [1.29, 1.82) is 5.26 Å². The van der Waals surface area contributed by atoms with Gasteiger partial charge in [0.25, 0.3) is 5.91 Å². The van der Waals surface area contributed by atoms with Gasteiger partial charge in [0.1, 0.15) is 22.5 Å². The molecule has 3 aromatic rings. The average Bonchev–Trinajstić information content (AvgIpc) is 3.27. The number of carbonyl (C=O) groups excluding carboxylic acids is 2. The number of anilines is 2. The minimum Gasteiger partial charge on any atom is -0.469 e. The fourth-order valence-electron chi connectivity index (χ4n) is 3.54. The van der Waals surface area contributed by atoms with Gasteiger partial charge in [-0.05, 0) is 37.1 Å². The Morgan fingerprint density at radius 1 is 1.22 bits per heavy atom. The number of pyridine rings is 2. The largest absolute Gasteiger partial charge is 0.469 e. The average molecular weight is 449 g/mol. The molecule has 0 spiro atoms. The van der Waals surface area contributed by atoms with Crippen LogP contribution in [0.3, 0.4) is 0 Å². The number of nitrogens with zero attached hydrogens (tertiary/aromatic N) is 5. The summed E-state index contributed by atoms with van der Waals surface area (Å²) in [5.41, 5.74) is 1.66. The number of rotatable bonds is 5. The Hall–Kier alpha value is -3.84. The number of aromatic nitrogens is 3. The smallest absolute Gasteiger partial charge is 0.308 e. The lowest BCUT2D eigenvalue weighted by Crippen LogP contribution is -2.37. The molecule has 32 heavy (non-hydrogen) atoms. The number of hydrogen-bond donors (Lipinski definition) is 1. The second-order valence-electron chi connectivity index (χ2n) is 7.19. The summed E-state index contributed by atoms with van der Waals surface area (Å²) < 4.78 is 4.82. The van der Waals surface area contributed by atoms with E-state index in [1.807, 2.05) is 0 Å². The van der Waals surface area contributed by atoms with Gasteiger partial charge in [-0.1, -0.05) is 11.3 Å². The zero-order valence-corrected chi connectivity index (χ0v) is 18.1. The van der Waals surface area contributed by atoms with E-state index in [1.165, 1.54) is 13.3 Å². The maximum absolute atomic E-state index is 12.7. The predicted molar refractivity (Wildman–Crippen MR) is 119 cm³/mol. The Bertz CT molecular complexity index is 1150. The highest BCUT2D eigenvalue weighted by molar-refractivity contribution is 7.16. The molecule has 1 aliphatic heterocycles. The van der Waals surface area contributed by atoms with E-state index in [4.69, 9.17) is 4.74 Å². The highest BCUT2D eigenvalue weighted by Gasteiger charge is 2.26. The molecule has 4 rings (SSSR count). The van der Waals surface area contributed by atoms with Crippen molar-refractivity contribution in [1.82, 2.24) is 15.0 Å². The van der Waals surface area contributed by atoms with Crippen LogP contribution in [0.1, 0.15) is 28.1 Å². The van der Waals surface area contributed by atoms with E-state index >= 15 is 0 Å². The first kappa shape index (κ1) is 21.4. The molecule has 162 valence electrons. The molecule has 1 aliphatic rings. The normalized spacial score (nSPS) is 13.9. The van der Waals surface area contributed by atoms with Crippen molar-refractivity contribution < 1.29 is 14.3 Å². The van der Waals surface area contributed by atoms with E-state index in [1.54, 1.807) is 36.7 Å². The molecule has 0 unspecified atom stereocenters. The van der Waals surface area contributed by atoms with E-state index < -0.39 is 0 Å². The van der Waals surface area contributed by atoms with E-state index in [2.05, 4.69) is 31.2 Å². The number of hydrogen-bond acceptors (Lipinski definition) is 9. The van der Waals surface area contributed by atoms with Crippen LogP contribution in [0.25, 0.3) is 11.3 Å². The first-order valence-corrected chi connectivity index (χ1v) is 10.8. The van der Waals surface area contributed by atoms with Gasteiger partial charge in [0.15, 0.2) is 5.13 Å². The number of nitriles is 1. The van der Waals surface area contributed by atoms with Gasteiger partial charge < -0.3 is 9.64 Å². The Morgan fingerprint density at radius 3 is 2.59 bits per heavy atom. The van der Waals surface area contributed by atoms with Crippen molar-refractivity contribution in [2.24, 2.45) is 5.92 Å². The van der Waals surface area contributed by atoms with Crippen LogP contribution >= 0.6 is 11.3 Å². The maximum Gasteiger partial charge on any atom is 0.308 e. The number of amides is 1. The maximum atomic E-state index is 12.7. The monoisotopic (exact) mass is 448 g/mol. The van der Waals surface area contributed by atoms with Gasteiger partial charge >= 0.3 is 5.97 Å². The molecule has 0 saturated carbocycles. The third-order valence-corrected chi connectivity index (χ3v) is 6.14. The molecule has 4 heterocycles. The van der Waals surface area contributed by atoms with Crippen molar-refractivity contribution in [3.8, 4) is 17.3 Å². The van der Waals surface area contributed by atoms with Crippen LogP contribution in [0, 0.1) is 17.2 Å². The molecule has 0 bridgehead atoms. The third-order valence-electron chi connectivity index (χ3n) is 5.27. The number of methoxy groups -OCH3 is 1. The first-order valence-electron chi connectivity index (χ1n) is 10.0. The van der Waals surface area contributed by atoms with Crippen LogP contribution in [0.5, 0.6) is 0 Å². The van der Waals surface area contributed by atoms with Crippen molar-refractivity contribution >= 4 is 34.2 Å². The van der Waals surface area contributed by atoms with Crippen molar-refractivity contribution in [2.75, 3.05) is 30.4 Å². The molecule has 9 nitrogen and oxygen atoms in total. The van der Waals surface area contributed by atoms with Crippen LogP contribution < -0.4 is 10.2 Å². The molecule has 1 fully saturated rings. The first-order chi connectivity index (χ1) is 15.6. The van der Waals surface area contributed by atoms with Gasteiger partial charge in [-0.3, -0.25) is 19.9 Å². The Labute approximate surface area is 188 Å². The van der Waals surface area contributed by atoms with Crippen LogP contribution in [0.2, 0.25) is 0 Å². The van der Waals surface area contributed by atoms with E-state index in [0.29, 0.717) is 47.2 Å². The third kappa shape index (κ3) is 4.58. The Morgan fingerprint density at radius 2 is 1.97 bits per heavy atom. The molecule has 0 atom stereocenters. The van der Waals surface area contributed by atoms with Gasteiger partial charge in [0.05, 0.1) is 18.6 Å². The summed E-state index contributed by atoms with van der Waals surface area (Å²) >= 11 is 1.12. The quantitative estimate of drug-likeness (QED) is 0.591. The minimum absolute atomic E-state index is 0.0741. The number of ether oxygens (including phenoxy) is 1. The minimum atomic E-state index is -0.354. The standard InChI is InChI=1S/C22H20N6O3S/c1-31-21(30)15-6-10-28(11-7-15)18-3-2-16(13-25-18)20(29)27-22-26-19(17(12-23)32-22)14-4-8-24-9-5-14/h2-5,8-9,13,15H,6-7,10-11H2,1H3,(H,26,27,29). The van der Waals surface area contributed by atoms with E-state index in [0.717, 1.165) is 22.7 Å². The molecular weight excluding hydrogens is 428 g/mol. The molecule has 1 saturated heterocycles. The van der Waals surface area contributed by atoms with Crippen LogP contribution in [0.15, 0.2) is 42.9 Å². The molecule has 10 heteroatoms. The van der Waals surface area contributed by atoms with Crippen molar-refractivity contribution in [3.63, 3.8) is 0 Å².